The number of nitrogens with zero attached hydrogens (tertiary/aromatic N) is 1. The molecular weight excluding hydrogens is 220 g/mol. The summed E-state index contributed by atoms with van der Waals surface area (Å²) in [6, 6.07) is 11.0. The van der Waals surface area contributed by atoms with E-state index in [1.165, 1.54) is 11.1 Å². The third-order valence-corrected chi connectivity index (χ3v) is 3.43. The van der Waals surface area contributed by atoms with Gasteiger partial charge in [-0.05, 0) is 31.4 Å². The molecule has 2 nitrogen and oxygen atoms in total. The van der Waals surface area contributed by atoms with E-state index in [9.17, 15) is 0 Å². The first-order valence-corrected chi connectivity index (χ1v) is 6.74. The molecule has 0 aliphatic carbocycles. The molecular formula is C16H22N2. The summed E-state index contributed by atoms with van der Waals surface area (Å²) in [6.45, 7) is 8.80. The molecule has 0 spiro atoms. The van der Waals surface area contributed by atoms with Gasteiger partial charge in [0.05, 0.1) is 5.52 Å². The van der Waals surface area contributed by atoms with Crippen molar-refractivity contribution >= 4 is 16.6 Å². The number of nitrogens with one attached hydrogen (secondary N) is 1. The summed E-state index contributed by atoms with van der Waals surface area (Å²) in [5.74, 6) is 0.627. The second-order valence-electron chi connectivity index (χ2n) is 5.23. The zero-order chi connectivity index (χ0) is 13.1. The molecule has 0 aliphatic rings. The summed E-state index contributed by atoms with van der Waals surface area (Å²) in [5.41, 5.74) is 3.34. The van der Waals surface area contributed by atoms with E-state index in [-0.39, 0.29) is 0 Å². The minimum atomic E-state index is 0.509. The molecule has 0 fully saturated rings. The highest BCUT2D eigenvalue weighted by molar-refractivity contribution is 5.91. The molecule has 1 aromatic heterocycles. The number of aromatic nitrogens is 1. The Morgan fingerprint density at radius 2 is 1.94 bits per heavy atom. The molecule has 1 unspecified atom stereocenters. The van der Waals surface area contributed by atoms with Gasteiger partial charge in [0.2, 0.25) is 0 Å². The number of para-hydroxylation sites is 1. The van der Waals surface area contributed by atoms with Crippen molar-refractivity contribution in [2.24, 2.45) is 5.92 Å². The molecule has 1 aromatic carbocycles. The predicted octanol–water partition coefficient (Wildman–Crippen LogP) is 4.39. The molecule has 0 radical (unpaired) electrons. The number of benzene rings is 1. The Labute approximate surface area is 109 Å². The van der Waals surface area contributed by atoms with Gasteiger partial charge in [-0.15, -0.1) is 0 Å². The summed E-state index contributed by atoms with van der Waals surface area (Å²) in [5, 5.41) is 4.88. The van der Waals surface area contributed by atoms with Crippen molar-refractivity contribution in [1.29, 1.82) is 0 Å². The van der Waals surface area contributed by atoms with Crippen LogP contribution < -0.4 is 5.32 Å². The number of aryl methyl sites for hydroxylation is 1. The van der Waals surface area contributed by atoms with Crippen molar-refractivity contribution in [3.63, 3.8) is 0 Å². The van der Waals surface area contributed by atoms with Crippen molar-refractivity contribution in [1.82, 2.24) is 4.98 Å². The summed E-state index contributed by atoms with van der Waals surface area (Å²) < 4.78 is 0. The zero-order valence-electron chi connectivity index (χ0n) is 11.7. The maximum absolute atomic E-state index is 4.57. The van der Waals surface area contributed by atoms with E-state index >= 15 is 0 Å². The Bertz CT molecular complexity index is 532. The molecule has 2 rings (SSSR count). The number of hydrogen-bond donors (Lipinski definition) is 1. The maximum Gasteiger partial charge on any atom is 0.0725 e. The Balaban J connectivity index is 2.43. The van der Waals surface area contributed by atoms with Crippen LogP contribution in [0.25, 0.3) is 10.9 Å². The van der Waals surface area contributed by atoms with Gasteiger partial charge in [-0.2, -0.15) is 0 Å². The van der Waals surface area contributed by atoms with Gasteiger partial charge in [-0.25, -0.2) is 0 Å². The van der Waals surface area contributed by atoms with Crippen LogP contribution in [0.4, 0.5) is 5.69 Å². The molecule has 0 saturated heterocycles. The number of fused-ring (bicyclic) bond motifs is 1. The summed E-state index contributed by atoms with van der Waals surface area (Å²) >= 11 is 0. The maximum atomic E-state index is 4.57. The molecule has 96 valence electrons. The number of hydrogen-bond acceptors (Lipinski definition) is 2. The molecule has 1 atom stereocenters. The average Bonchev–Trinajstić information content (AvgIpc) is 2.35. The molecule has 0 amide bonds. The molecule has 0 saturated carbocycles. The van der Waals surface area contributed by atoms with E-state index in [4.69, 9.17) is 0 Å². The molecule has 2 heteroatoms. The monoisotopic (exact) mass is 242 g/mol. The summed E-state index contributed by atoms with van der Waals surface area (Å²) in [6.07, 6.45) is 1.13. The first-order chi connectivity index (χ1) is 8.61. The van der Waals surface area contributed by atoms with Crippen molar-refractivity contribution in [2.75, 3.05) is 5.32 Å². The van der Waals surface area contributed by atoms with E-state index in [2.05, 4.69) is 55.3 Å². The third-order valence-electron chi connectivity index (χ3n) is 3.43. The number of anilines is 1. The van der Waals surface area contributed by atoms with Crippen LogP contribution in [-0.2, 0) is 0 Å². The van der Waals surface area contributed by atoms with E-state index < -0.39 is 0 Å². The van der Waals surface area contributed by atoms with Gasteiger partial charge < -0.3 is 5.32 Å². The van der Waals surface area contributed by atoms with Crippen molar-refractivity contribution in [3.8, 4) is 0 Å². The molecule has 0 aliphatic heterocycles. The standard InChI is InChI=1S/C16H22N2/c1-5-14(11(2)3)18-16-10-12(4)17-15-9-7-6-8-13(15)16/h6-11,14H,5H2,1-4H3,(H,17,18). The number of pyridine rings is 1. The van der Waals surface area contributed by atoms with Crippen LogP contribution >= 0.6 is 0 Å². The molecule has 0 bridgehead atoms. The molecule has 18 heavy (non-hydrogen) atoms. The summed E-state index contributed by atoms with van der Waals surface area (Å²) in [7, 11) is 0. The lowest BCUT2D eigenvalue weighted by atomic mass is 10.0. The smallest absolute Gasteiger partial charge is 0.0725 e. The quantitative estimate of drug-likeness (QED) is 0.860. The van der Waals surface area contributed by atoms with Gasteiger partial charge in [-0.3, -0.25) is 4.98 Å². The van der Waals surface area contributed by atoms with Gasteiger partial charge in [-0.1, -0.05) is 39.0 Å². The van der Waals surface area contributed by atoms with Gasteiger partial charge in [0, 0.05) is 22.8 Å². The van der Waals surface area contributed by atoms with E-state index in [0.717, 1.165) is 17.6 Å². The van der Waals surface area contributed by atoms with Crippen LogP contribution in [0.2, 0.25) is 0 Å². The zero-order valence-corrected chi connectivity index (χ0v) is 11.7. The van der Waals surface area contributed by atoms with E-state index in [0.29, 0.717) is 12.0 Å². The van der Waals surface area contributed by atoms with Gasteiger partial charge >= 0.3 is 0 Å². The van der Waals surface area contributed by atoms with E-state index in [1.807, 2.05) is 13.0 Å². The Kier molecular flexibility index (Phi) is 3.85. The van der Waals surface area contributed by atoms with Crippen LogP contribution in [0, 0.1) is 12.8 Å². The lowest BCUT2D eigenvalue weighted by molar-refractivity contribution is 0.511. The third kappa shape index (κ3) is 2.63. The van der Waals surface area contributed by atoms with Crippen LogP contribution in [-0.4, -0.2) is 11.0 Å². The highest BCUT2D eigenvalue weighted by Crippen LogP contribution is 2.25. The minimum Gasteiger partial charge on any atom is -0.381 e. The lowest BCUT2D eigenvalue weighted by Crippen LogP contribution is -2.24. The average molecular weight is 242 g/mol. The predicted molar refractivity (Wildman–Crippen MR) is 79.0 cm³/mol. The first-order valence-electron chi connectivity index (χ1n) is 6.74. The van der Waals surface area contributed by atoms with Crippen LogP contribution in [0.1, 0.15) is 32.9 Å². The van der Waals surface area contributed by atoms with Crippen molar-refractivity contribution in [3.05, 3.63) is 36.0 Å². The van der Waals surface area contributed by atoms with Gasteiger partial charge in [0.25, 0.3) is 0 Å². The SMILES string of the molecule is CCC(Nc1cc(C)nc2ccccc12)C(C)C. The minimum absolute atomic E-state index is 0.509. The number of rotatable bonds is 4. The first kappa shape index (κ1) is 12.9. The lowest BCUT2D eigenvalue weighted by Gasteiger charge is -2.23. The van der Waals surface area contributed by atoms with E-state index in [1.54, 1.807) is 0 Å². The topological polar surface area (TPSA) is 24.9 Å². The summed E-state index contributed by atoms with van der Waals surface area (Å²) in [4.78, 5) is 4.57. The van der Waals surface area contributed by atoms with Gasteiger partial charge in [0.1, 0.15) is 0 Å². The molecule has 1 heterocycles. The van der Waals surface area contributed by atoms with Crippen LogP contribution in [0.5, 0.6) is 0 Å². The molecule has 1 N–H and O–H groups in total. The van der Waals surface area contributed by atoms with Crippen LogP contribution in [0.3, 0.4) is 0 Å². The van der Waals surface area contributed by atoms with Crippen molar-refractivity contribution in [2.45, 2.75) is 40.2 Å². The Hall–Kier alpha value is -1.57. The molecule has 2 aromatic rings. The highest BCUT2D eigenvalue weighted by Gasteiger charge is 2.12. The second-order valence-corrected chi connectivity index (χ2v) is 5.23. The largest absolute Gasteiger partial charge is 0.381 e. The van der Waals surface area contributed by atoms with Crippen molar-refractivity contribution < 1.29 is 0 Å². The Morgan fingerprint density at radius 1 is 1.22 bits per heavy atom. The second kappa shape index (κ2) is 5.38. The Morgan fingerprint density at radius 3 is 2.61 bits per heavy atom. The fourth-order valence-corrected chi connectivity index (χ4v) is 2.37. The van der Waals surface area contributed by atoms with Crippen LogP contribution in [0.15, 0.2) is 30.3 Å². The normalized spacial score (nSPS) is 12.9. The fraction of sp³-hybridized carbons (Fsp3) is 0.438. The van der Waals surface area contributed by atoms with Gasteiger partial charge in [0.15, 0.2) is 0 Å². The fourth-order valence-electron chi connectivity index (χ4n) is 2.37. The highest BCUT2D eigenvalue weighted by atomic mass is 14.9.